The Kier molecular flexibility index (Phi) is 5.26. The van der Waals surface area contributed by atoms with Crippen LogP contribution in [0.25, 0.3) is 44.5 Å². The molecular formula is C27H24ClN7O. The van der Waals surface area contributed by atoms with E-state index >= 15 is 0 Å². The number of hydrogen-bond donors (Lipinski definition) is 2. The molecule has 1 fully saturated rings. The number of hydrogen-bond acceptors (Lipinski definition) is 4. The number of halogens is 1. The van der Waals surface area contributed by atoms with Gasteiger partial charge in [-0.05, 0) is 43.0 Å². The van der Waals surface area contributed by atoms with Crippen LogP contribution in [0.4, 0.5) is 5.69 Å². The van der Waals surface area contributed by atoms with E-state index in [1.807, 2.05) is 55.4 Å². The van der Waals surface area contributed by atoms with Gasteiger partial charge in [0.15, 0.2) is 0 Å². The Balaban J connectivity index is 1.58. The topological polar surface area (TPSA) is 93.4 Å². The maximum Gasteiger partial charge on any atom is 0.247 e. The van der Waals surface area contributed by atoms with Gasteiger partial charge in [-0.25, -0.2) is 4.98 Å². The van der Waals surface area contributed by atoms with Crippen molar-refractivity contribution in [2.45, 2.75) is 25.8 Å². The lowest BCUT2D eigenvalue weighted by atomic mass is 9.97. The van der Waals surface area contributed by atoms with Gasteiger partial charge in [0.05, 0.1) is 29.2 Å². The number of anilines is 1. The second-order valence-corrected chi connectivity index (χ2v) is 9.53. The van der Waals surface area contributed by atoms with Gasteiger partial charge in [0, 0.05) is 59.0 Å². The number of pyridine rings is 1. The molecular weight excluding hydrogens is 474 g/mol. The molecule has 1 aliphatic rings. The Morgan fingerprint density at radius 2 is 1.97 bits per heavy atom. The summed E-state index contributed by atoms with van der Waals surface area (Å²) in [5.41, 5.74) is 7.60. The average molecular weight is 498 g/mol. The van der Waals surface area contributed by atoms with Crippen LogP contribution in [0, 0.1) is 6.92 Å². The number of H-pyrrole nitrogens is 1. The number of aromatic nitrogens is 6. The van der Waals surface area contributed by atoms with Gasteiger partial charge < -0.3 is 10.3 Å². The van der Waals surface area contributed by atoms with Gasteiger partial charge in [0.2, 0.25) is 5.91 Å². The third-order valence-electron chi connectivity index (χ3n) is 6.56. The highest BCUT2D eigenvalue weighted by Gasteiger charge is 2.26. The number of aromatic amines is 1. The summed E-state index contributed by atoms with van der Waals surface area (Å²) >= 11 is 7.12. The fourth-order valence-corrected chi connectivity index (χ4v) is 4.83. The standard InChI is InChI=1S/C27H24ClN7O/c1-4-22(36)32-21-9-16(6-5-15(21)2)23-24-25(28)20(17-10-31-35(14-17)19-7-8-19)12-29-27(24)33-26(23)18-11-30-34(3)13-18/h4-6,9-14,19H,1,7-8H2,2-3H3,(H,29,33)(H,32,36). The summed E-state index contributed by atoms with van der Waals surface area (Å²) in [5.74, 6) is -0.267. The van der Waals surface area contributed by atoms with Crippen LogP contribution in [0.2, 0.25) is 5.02 Å². The fraction of sp³-hybridized carbons (Fsp3) is 0.185. The van der Waals surface area contributed by atoms with Gasteiger partial charge in [-0.1, -0.05) is 30.3 Å². The third-order valence-corrected chi connectivity index (χ3v) is 6.95. The van der Waals surface area contributed by atoms with Crippen LogP contribution in [-0.4, -0.2) is 35.4 Å². The summed E-state index contributed by atoms with van der Waals surface area (Å²) in [4.78, 5) is 20.3. The molecule has 6 rings (SSSR count). The SMILES string of the molecule is C=CC(=O)Nc1cc(-c2c(-c3cnn(C)c3)[nH]c3ncc(-c4cnn(C5CC5)c4)c(Cl)c23)ccc1C. The minimum absolute atomic E-state index is 0.267. The number of aryl methyl sites for hydroxylation is 2. The van der Waals surface area contributed by atoms with E-state index in [1.165, 1.54) is 6.08 Å². The molecule has 1 amide bonds. The van der Waals surface area contributed by atoms with Crippen molar-refractivity contribution in [3.8, 4) is 33.5 Å². The van der Waals surface area contributed by atoms with E-state index in [9.17, 15) is 4.79 Å². The zero-order valence-electron chi connectivity index (χ0n) is 19.9. The molecule has 1 saturated carbocycles. The molecule has 180 valence electrons. The molecule has 1 aliphatic carbocycles. The molecule has 0 unspecified atom stereocenters. The molecule has 4 heterocycles. The van der Waals surface area contributed by atoms with Crippen molar-refractivity contribution in [3.05, 3.63) is 72.4 Å². The maximum absolute atomic E-state index is 12.1. The fourth-order valence-electron chi connectivity index (χ4n) is 4.49. The van der Waals surface area contributed by atoms with Crippen LogP contribution in [0.1, 0.15) is 24.4 Å². The number of rotatable bonds is 6. The third kappa shape index (κ3) is 3.79. The van der Waals surface area contributed by atoms with Gasteiger partial charge in [-0.3, -0.25) is 14.2 Å². The molecule has 8 nitrogen and oxygen atoms in total. The quantitative estimate of drug-likeness (QED) is 0.285. The monoisotopic (exact) mass is 497 g/mol. The van der Waals surface area contributed by atoms with Gasteiger partial charge in [-0.15, -0.1) is 0 Å². The van der Waals surface area contributed by atoms with E-state index in [-0.39, 0.29) is 5.91 Å². The molecule has 0 spiro atoms. The van der Waals surface area contributed by atoms with Gasteiger partial charge in [0.25, 0.3) is 0 Å². The first-order chi connectivity index (χ1) is 17.4. The van der Waals surface area contributed by atoms with Crippen molar-refractivity contribution in [1.82, 2.24) is 29.5 Å². The molecule has 0 radical (unpaired) electrons. The first-order valence-corrected chi connectivity index (χ1v) is 12.1. The van der Waals surface area contributed by atoms with Gasteiger partial charge >= 0.3 is 0 Å². The Bertz CT molecular complexity index is 1650. The van der Waals surface area contributed by atoms with E-state index < -0.39 is 0 Å². The van der Waals surface area contributed by atoms with Crippen LogP contribution in [0.15, 0.2) is 61.8 Å². The molecule has 4 aromatic heterocycles. The molecule has 0 atom stereocenters. The van der Waals surface area contributed by atoms with Crippen LogP contribution in [-0.2, 0) is 11.8 Å². The zero-order chi connectivity index (χ0) is 25.0. The Labute approximate surface area is 212 Å². The lowest BCUT2D eigenvalue weighted by Gasteiger charge is -2.11. The van der Waals surface area contributed by atoms with Crippen molar-refractivity contribution < 1.29 is 4.79 Å². The molecule has 5 aromatic rings. The van der Waals surface area contributed by atoms with Crippen molar-refractivity contribution in [2.24, 2.45) is 7.05 Å². The zero-order valence-corrected chi connectivity index (χ0v) is 20.7. The number of benzene rings is 1. The second-order valence-electron chi connectivity index (χ2n) is 9.15. The summed E-state index contributed by atoms with van der Waals surface area (Å²) < 4.78 is 3.76. The summed E-state index contributed by atoms with van der Waals surface area (Å²) in [5, 5.41) is 13.2. The average Bonchev–Trinajstić information content (AvgIpc) is 3.26. The van der Waals surface area contributed by atoms with E-state index in [1.54, 1.807) is 17.1 Å². The lowest BCUT2D eigenvalue weighted by molar-refractivity contribution is -0.111. The minimum atomic E-state index is -0.267. The summed E-state index contributed by atoms with van der Waals surface area (Å²) in [6, 6.07) is 6.43. The van der Waals surface area contributed by atoms with Crippen molar-refractivity contribution in [3.63, 3.8) is 0 Å². The number of fused-ring (bicyclic) bond motifs is 1. The first-order valence-electron chi connectivity index (χ1n) is 11.7. The van der Waals surface area contributed by atoms with E-state index in [0.717, 1.165) is 57.3 Å². The Hall–Kier alpha value is -4.17. The van der Waals surface area contributed by atoms with E-state index in [0.29, 0.717) is 22.4 Å². The number of nitrogens with zero attached hydrogens (tertiary/aromatic N) is 5. The van der Waals surface area contributed by atoms with E-state index in [2.05, 4.69) is 27.1 Å². The molecule has 9 heteroatoms. The normalized spacial score (nSPS) is 13.3. The summed E-state index contributed by atoms with van der Waals surface area (Å²) in [6.07, 6.45) is 13.0. The van der Waals surface area contributed by atoms with E-state index in [4.69, 9.17) is 16.6 Å². The molecule has 0 aliphatic heterocycles. The highest BCUT2D eigenvalue weighted by molar-refractivity contribution is 6.39. The molecule has 2 N–H and O–H groups in total. The van der Waals surface area contributed by atoms with Crippen molar-refractivity contribution in [1.29, 1.82) is 0 Å². The van der Waals surface area contributed by atoms with Crippen LogP contribution >= 0.6 is 11.6 Å². The molecule has 36 heavy (non-hydrogen) atoms. The van der Waals surface area contributed by atoms with Crippen LogP contribution in [0.3, 0.4) is 0 Å². The van der Waals surface area contributed by atoms with Crippen LogP contribution in [0.5, 0.6) is 0 Å². The molecule has 0 bridgehead atoms. The van der Waals surface area contributed by atoms with Crippen molar-refractivity contribution >= 4 is 34.2 Å². The Morgan fingerprint density at radius 3 is 2.69 bits per heavy atom. The smallest absolute Gasteiger partial charge is 0.247 e. The predicted molar refractivity (Wildman–Crippen MR) is 142 cm³/mol. The predicted octanol–water partition coefficient (Wildman–Crippen LogP) is 5.92. The van der Waals surface area contributed by atoms with Crippen LogP contribution < -0.4 is 5.32 Å². The van der Waals surface area contributed by atoms with Gasteiger partial charge in [0.1, 0.15) is 5.65 Å². The van der Waals surface area contributed by atoms with Gasteiger partial charge in [-0.2, -0.15) is 10.2 Å². The molecule has 0 saturated heterocycles. The maximum atomic E-state index is 12.1. The highest BCUT2D eigenvalue weighted by Crippen LogP contribution is 2.45. The lowest BCUT2D eigenvalue weighted by Crippen LogP contribution is -2.08. The largest absolute Gasteiger partial charge is 0.339 e. The first kappa shape index (κ1) is 22.3. The minimum Gasteiger partial charge on any atom is -0.339 e. The number of carbonyl (C=O) groups excluding carboxylic acids is 1. The summed E-state index contributed by atoms with van der Waals surface area (Å²) in [7, 11) is 1.88. The summed E-state index contributed by atoms with van der Waals surface area (Å²) in [6.45, 7) is 5.51. The molecule has 1 aromatic carbocycles. The number of nitrogens with one attached hydrogen (secondary N) is 2. The number of amides is 1. The second kappa shape index (κ2) is 8.49. The Morgan fingerprint density at radius 1 is 1.17 bits per heavy atom. The highest BCUT2D eigenvalue weighted by atomic mass is 35.5. The number of carbonyl (C=O) groups is 1. The van der Waals surface area contributed by atoms with Crippen molar-refractivity contribution in [2.75, 3.05) is 5.32 Å².